The SMILES string of the molecule is COc1cc(C2SCC(c3cc(OC)c(OC)c(OC)c3)S2)cc(C)c1OC. The lowest BCUT2D eigenvalue weighted by molar-refractivity contribution is 0.324. The quantitative estimate of drug-likeness (QED) is 0.603. The zero-order valence-corrected chi connectivity index (χ0v) is 18.7. The lowest BCUT2D eigenvalue weighted by Crippen LogP contribution is -1.99. The smallest absolute Gasteiger partial charge is 0.203 e. The molecule has 5 nitrogen and oxygen atoms in total. The Morgan fingerprint density at radius 3 is 1.79 bits per heavy atom. The summed E-state index contributed by atoms with van der Waals surface area (Å²) in [6.07, 6.45) is 0. The molecule has 0 radical (unpaired) electrons. The first-order chi connectivity index (χ1) is 13.6. The number of aryl methyl sites for hydroxylation is 1. The minimum absolute atomic E-state index is 0.322. The van der Waals surface area contributed by atoms with Crippen molar-refractivity contribution in [1.29, 1.82) is 0 Å². The Labute approximate surface area is 175 Å². The predicted molar refractivity (Wildman–Crippen MR) is 116 cm³/mol. The third-order valence-electron chi connectivity index (χ3n) is 4.70. The molecule has 0 aliphatic carbocycles. The molecule has 0 saturated carbocycles. The van der Waals surface area contributed by atoms with Crippen LogP contribution in [0.15, 0.2) is 24.3 Å². The molecule has 3 rings (SSSR count). The van der Waals surface area contributed by atoms with E-state index in [1.807, 2.05) is 42.6 Å². The largest absolute Gasteiger partial charge is 0.493 e. The Morgan fingerprint density at radius 2 is 1.25 bits per heavy atom. The molecule has 0 aromatic heterocycles. The number of benzene rings is 2. The van der Waals surface area contributed by atoms with E-state index in [-0.39, 0.29) is 0 Å². The van der Waals surface area contributed by atoms with Crippen molar-refractivity contribution in [3.05, 3.63) is 41.0 Å². The zero-order valence-electron chi connectivity index (χ0n) is 17.0. The number of thioether (sulfide) groups is 2. The van der Waals surface area contributed by atoms with Crippen LogP contribution in [0.4, 0.5) is 0 Å². The molecule has 0 spiro atoms. The van der Waals surface area contributed by atoms with Crippen LogP contribution in [-0.4, -0.2) is 41.3 Å². The molecule has 28 heavy (non-hydrogen) atoms. The van der Waals surface area contributed by atoms with Crippen LogP contribution in [-0.2, 0) is 0 Å². The molecule has 2 unspecified atom stereocenters. The summed E-state index contributed by atoms with van der Waals surface area (Å²) in [7, 11) is 8.26. The molecule has 152 valence electrons. The van der Waals surface area contributed by atoms with E-state index >= 15 is 0 Å². The number of methoxy groups -OCH3 is 5. The molecule has 1 heterocycles. The second kappa shape index (κ2) is 9.09. The second-order valence-corrected chi connectivity index (χ2v) is 9.07. The molecule has 2 aromatic carbocycles. The van der Waals surface area contributed by atoms with Crippen molar-refractivity contribution in [3.63, 3.8) is 0 Å². The molecule has 2 atom stereocenters. The highest BCUT2D eigenvalue weighted by atomic mass is 32.2. The first kappa shape index (κ1) is 20.9. The molecule has 1 saturated heterocycles. The zero-order chi connectivity index (χ0) is 20.3. The fourth-order valence-electron chi connectivity index (χ4n) is 3.36. The van der Waals surface area contributed by atoms with Crippen LogP contribution >= 0.6 is 23.5 Å². The van der Waals surface area contributed by atoms with Crippen LogP contribution < -0.4 is 23.7 Å². The molecule has 0 amide bonds. The summed E-state index contributed by atoms with van der Waals surface area (Å²) in [5, 5.41) is 0.331. The molecule has 1 aliphatic heterocycles. The average Bonchev–Trinajstić information content (AvgIpc) is 3.22. The summed E-state index contributed by atoms with van der Waals surface area (Å²) in [5.41, 5.74) is 3.49. The van der Waals surface area contributed by atoms with Gasteiger partial charge in [0, 0.05) is 11.0 Å². The van der Waals surface area contributed by atoms with E-state index in [0.717, 1.165) is 22.8 Å². The fourth-order valence-corrected chi connectivity index (χ4v) is 6.61. The first-order valence-electron chi connectivity index (χ1n) is 8.85. The van der Waals surface area contributed by atoms with E-state index in [9.17, 15) is 0 Å². The Kier molecular flexibility index (Phi) is 6.78. The Balaban J connectivity index is 1.87. The van der Waals surface area contributed by atoms with Gasteiger partial charge in [-0.25, -0.2) is 0 Å². The third-order valence-corrected chi connectivity index (χ3v) is 8.04. The molecule has 1 aliphatic rings. The van der Waals surface area contributed by atoms with Gasteiger partial charge in [-0.15, -0.1) is 23.5 Å². The normalized spacial score (nSPS) is 18.6. The molecule has 7 heteroatoms. The van der Waals surface area contributed by atoms with Crippen LogP contribution in [0.1, 0.15) is 26.5 Å². The van der Waals surface area contributed by atoms with Gasteiger partial charge in [0.25, 0.3) is 0 Å². The van der Waals surface area contributed by atoms with E-state index in [4.69, 9.17) is 23.7 Å². The Morgan fingerprint density at radius 1 is 0.714 bits per heavy atom. The van der Waals surface area contributed by atoms with Gasteiger partial charge in [0.15, 0.2) is 23.0 Å². The van der Waals surface area contributed by atoms with Gasteiger partial charge in [-0.2, -0.15) is 0 Å². The minimum Gasteiger partial charge on any atom is -0.493 e. The van der Waals surface area contributed by atoms with Gasteiger partial charge in [0.2, 0.25) is 5.75 Å². The average molecular weight is 423 g/mol. The van der Waals surface area contributed by atoms with E-state index in [0.29, 0.717) is 27.1 Å². The monoisotopic (exact) mass is 422 g/mol. The minimum atomic E-state index is 0.322. The molecule has 2 aromatic rings. The van der Waals surface area contributed by atoms with Crippen LogP contribution in [0.5, 0.6) is 28.7 Å². The molecular formula is C21H26O5S2. The van der Waals surface area contributed by atoms with Crippen LogP contribution in [0.2, 0.25) is 0 Å². The van der Waals surface area contributed by atoms with Gasteiger partial charge in [0.05, 0.1) is 40.1 Å². The van der Waals surface area contributed by atoms with Crippen molar-refractivity contribution < 1.29 is 23.7 Å². The highest BCUT2D eigenvalue weighted by Gasteiger charge is 2.31. The van der Waals surface area contributed by atoms with E-state index in [1.165, 1.54) is 11.1 Å². The predicted octanol–water partition coefficient (Wildman–Crippen LogP) is 5.26. The van der Waals surface area contributed by atoms with Crippen molar-refractivity contribution >= 4 is 23.5 Å². The van der Waals surface area contributed by atoms with Crippen molar-refractivity contribution in [2.24, 2.45) is 0 Å². The van der Waals surface area contributed by atoms with Gasteiger partial charge < -0.3 is 23.7 Å². The van der Waals surface area contributed by atoms with Crippen LogP contribution in [0, 0.1) is 6.92 Å². The van der Waals surface area contributed by atoms with Gasteiger partial charge >= 0.3 is 0 Å². The summed E-state index contributed by atoms with van der Waals surface area (Å²) in [6, 6.07) is 8.35. The maximum absolute atomic E-state index is 5.52. The summed E-state index contributed by atoms with van der Waals surface area (Å²) in [6.45, 7) is 2.05. The fraction of sp³-hybridized carbons (Fsp3) is 0.429. The number of hydrogen-bond acceptors (Lipinski definition) is 7. The van der Waals surface area contributed by atoms with Crippen molar-refractivity contribution in [2.75, 3.05) is 41.3 Å². The van der Waals surface area contributed by atoms with Crippen molar-refractivity contribution in [3.8, 4) is 28.7 Å². The van der Waals surface area contributed by atoms with Gasteiger partial charge in [-0.05, 0) is 41.8 Å². The summed E-state index contributed by atoms with van der Waals surface area (Å²) >= 11 is 3.86. The van der Waals surface area contributed by atoms with Gasteiger partial charge in [-0.1, -0.05) is 6.07 Å². The van der Waals surface area contributed by atoms with Crippen LogP contribution in [0.25, 0.3) is 0 Å². The number of hydrogen-bond donors (Lipinski definition) is 0. The van der Waals surface area contributed by atoms with Crippen molar-refractivity contribution in [2.45, 2.75) is 16.8 Å². The molecule has 0 bridgehead atoms. The summed E-state index contributed by atoms with van der Waals surface area (Å²) in [5.74, 6) is 4.56. The maximum atomic E-state index is 5.52. The van der Waals surface area contributed by atoms with Crippen LogP contribution in [0.3, 0.4) is 0 Å². The van der Waals surface area contributed by atoms with Gasteiger partial charge in [0.1, 0.15) is 0 Å². The molecule has 1 fully saturated rings. The highest BCUT2D eigenvalue weighted by Crippen LogP contribution is 2.57. The highest BCUT2D eigenvalue weighted by molar-refractivity contribution is 8.19. The van der Waals surface area contributed by atoms with E-state index in [1.54, 1.807) is 35.5 Å². The first-order valence-corrected chi connectivity index (χ1v) is 10.8. The Hall–Kier alpha value is -1.86. The molecular weight excluding hydrogens is 396 g/mol. The number of rotatable bonds is 7. The topological polar surface area (TPSA) is 46.2 Å². The molecule has 0 N–H and O–H groups in total. The second-order valence-electron chi connectivity index (χ2n) is 6.32. The van der Waals surface area contributed by atoms with E-state index in [2.05, 4.69) is 12.1 Å². The Bertz CT molecular complexity index is 815. The van der Waals surface area contributed by atoms with Crippen molar-refractivity contribution in [1.82, 2.24) is 0 Å². The lowest BCUT2D eigenvalue weighted by atomic mass is 10.1. The summed E-state index contributed by atoms with van der Waals surface area (Å²) in [4.78, 5) is 0. The standard InChI is InChI=1S/C21H26O5S2/c1-12-7-14(10-15(22-2)19(12)25-5)21-27-11-18(28-21)13-8-16(23-3)20(26-6)17(9-13)24-4/h7-10,18,21H,11H2,1-6H3. The number of ether oxygens (including phenoxy) is 5. The van der Waals surface area contributed by atoms with Gasteiger partial charge in [-0.3, -0.25) is 0 Å². The summed E-state index contributed by atoms with van der Waals surface area (Å²) < 4.78 is 27.8. The van der Waals surface area contributed by atoms with E-state index < -0.39 is 0 Å². The lowest BCUT2D eigenvalue weighted by Gasteiger charge is -2.18. The maximum Gasteiger partial charge on any atom is 0.203 e. The third kappa shape index (κ3) is 3.96.